The van der Waals surface area contributed by atoms with Crippen LogP contribution in [0.1, 0.15) is 24.4 Å². The van der Waals surface area contributed by atoms with E-state index in [0.717, 1.165) is 16.8 Å². The van der Waals surface area contributed by atoms with E-state index in [9.17, 15) is 4.39 Å². The highest BCUT2D eigenvalue weighted by Gasteiger charge is 2.09. The van der Waals surface area contributed by atoms with E-state index in [0.29, 0.717) is 11.8 Å². The molecule has 1 atom stereocenters. The molecule has 3 rings (SSSR count). The Hall–Kier alpha value is -2.69. The highest BCUT2D eigenvalue weighted by molar-refractivity contribution is 5.61. The van der Waals surface area contributed by atoms with Crippen LogP contribution in [0, 0.1) is 12.7 Å². The SMILES string of the molecule is Cc1nnc(-c2cccc(NC(C)c3cccc(F)c3)c2)o1. The highest BCUT2D eigenvalue weighted by atomic mass is 19.1. The van der Waals surface area contributed by atoms with E-state index in [4.69, 9.17) is 4.42 Å². The van der Waals surface area contributed by atoms with Crippen molar-refractivity contribution in [1.82, 2.24) is 10.2 Å². The first-order valence-electron chi connectivity index (χ1n) is 7.04. The molecule has 0 saturated carbocycles. The Bertz CT molecular complexity index is 785. The van der Waals surface area contributed by atoms with Gasteiger partial charge in [-0.15, -0.1) is 10.2 Å². The van der Waals surface area contributed by atoms with Crippen LogP contribution < -0.4 is 5.32 Å². The quantitative estimate of drug-likeness (QED) is 0.777. The molecule has 0 aliphatic rings. The van der Waals surface area contributed by atoms with Crippen LogP contribution >= 0.6 is 0 Å². The van der Waals surface area contributed by atoms with Crippen LogP contribution in [0.4, 0.5) is 10.1 Å². The first kappa shape index (κ1) is 14.3. The lowest BCUT2D eigenvalue weighted by atomic mass is 10.1. The van der Waals surface area contributed by atoms with Crippen molar-refractivity contribution in [3.63, 3.8) is 0 Å². The fraction of sp³-hybridized carbons (Fsp3) is 0.176. The molecule has 3 aromatic rings. The first-order chi connectivity index (χ1) is 10.6. The summed E-state index contributed by atoms with van der Waals surface area (Å²) in [5.41, 5.74) is 2.64. The molecule has 4 nitrogen and oxygen atoms in total. The number of aromatic nitrogens is 2. The van der Waals surface area contributed by atoms with Gasteiger partial charge in [0.15, 0.2) is 0 Å². The lowest BCUT2D eigenvalue weighted by Gasteiger charge is -2.16. The number of nitrogens with one attached hydrogen (secondary N) is 1. The van der Waals surface area contributed by atoms with Gasteiger partial charge in [0, 0.05) is 24.2 Å². The molecule has 22 heavy (non-hydrogen) atoms. The number of anilines is 1. The van der Waals surface area contributed by atoms with E-state index in [-0.39, 0.29) is 11.9 Å². The molecule has 0 spiro atoms. The molecule has 1 aromatic heterocycles. The van der Waals surface area contributed by atoms with Crippen LogP contribution in [0.3, 0.4) is 0 Å². The molecule has 5 heteroatoms. The van der Waals surface area contributed by atoms with Gasteiger partial charge in [-0.1, -0.05) is 18.2 Å². The van der Waals surface area contributed by atoms with Gasteiger partial charge >= 0.3 is 0 Å². The first-order valence-corrected chi connectivity index (χ1v) is 7.04. The molecular weight excluding hydrogens is 281 g/mol. The van der Waals surface area contributed by atoms with E-state index in [1.165, 1.54) is 12.1 Å². The van der Waals surface area contributed by atoms with Gasteiger partial charge in [-0.3, -0.25) is 0 Å². The third-order valence-electron chi connectivity index (χ3n) is 3.37. The Morgan fingerprint density at radius 3 is 2.64 bits per heavy atom. The molecule has 2 aromatic carbocycles. The van der Waals surface area contributed by atoms with Crippen LogP contribution in [0.25, 0.3) is 11.5 Å². The highest BCUT2D eigenvalue weighted by Crippen LogP contribution is 2.24. The van der Waals surface area contributed by atoms with Gasteiger partial charge in [0.05, 0.1) is 0 Å². The van der Waals surface area contributed by atoms with Crippen LogP contribution in [0.15, 0.2) is 52.9 Å². The summed E-state index contributed by atoms with van der Waals surface area (Å²) in [5, 5.41) is 11.2. The van der Waals surface area contributed by atoms with Crippen molar-refractivity contribution in [2.75, 3.05) is 5.32 Å². The third-order valence-corrected chi connectivity index (χ3v) is 3.37. The third kappa shape index (κ3) is 3.14. The zero-order valence-electron chi connectivity index (χ0n) is 12.4. The Balaban J connectivity index is 1.81. The number of hydrogen-bond acceptors (Lipinski definition) is 4. The van der Waals surface area contributed by atoms with Crippen molar-refractivity contribution in [2.45, 2.75) is 19.9 Å². The molecule has 0 saturated heterocycles. The predicted octanol–water partition coefficient (Wildman–Crippen LogP) is 4.36. The number of halogens is 1. The maximum absolute atomic E-state index is 13.3. The number of benzene rings is 2. The van der Waals surface area contributed by atoms with Crippen LogP contribution in [-0.2, 0) is 0 Å². The minimum Gasteiger partial charge on any atom is -0.421 e. The molecular formula is C17H16FN3O. The summed E-state index contributed by atoms with van der Waals surface area (Å²) in [7, 11) is 0. The fourth-order valence-electron chi connectivity index (χ4n) is 2.26. The summed E-state index contributed by atoms with van der Waals surface area (Å²) in [6, 6.07) is 14.3. The van der Waals surface area contributed by atoms with Crippen molar-refractivity contribution < 1.29 is 8.81 Å². The number of nitrogens with zero attached hydrogens (tertiary/aromatic N) is 2. The van der Waals surface area contributed by atoms with Crippen molar-refractivity contribution in [1.29, 1.82) is 0 Å². The van der Waals surface area contributed by atoms with Gasteiger partial charge in [0.2, 0.25) is 11.8 Å². The smallest absolute Gasteiger partial charge is 0.247 e. The number of hydrogen-bond donors (Lipinski definition) is 1. The minimum absolute atomic E-state index is 0.0182. The average Bonchev–Trinajstić information content (AvgIpc) is 2.94. The Morgan fingerprint density at radius 2 is 1.91 bits per heavy atom. The van der Waals surface area contributed by atoms with E-state index in [1.54, 1.807) is 13.0 Å². The lowest BCUT2D eigenvalue weighted by molar-refractivity contribution is 0.533. The van der Waals surface area contributed by atoms with Crippen LogP contribution in [0.2, 0.25) is 0 Å². The fourth-order valence-corrected chi connectivity index (χ4v) is 2.26. The molecule has 0 bridgehead atoms. The zero-order chi connectivity index (χ0) is 15.5. The van der Waals surface area contributed by atoms with Crippen LogP contribution in [-0.4, -0.2) is 10.2 Å². The second-order valence-electron chi connectivity index (χ2n) is 5.13. The number of rotatable bonds is 4. The molecule has 112 valence electrons. The van der Waals surface area contributed by atoms with Crippen molar-refractivity contribution in [3.8, 4) is 11.5 Å². The molecule has 1 N–H and O–H groups in total. The van der Waals surface area contributed by atoms with E-state index < -0.39 is 0 Å². The maximum atomic E-state index is 13.3. The van der Waals surface area contributed by atoms with Gasteiger partial charge in [-0.2, -0.15) is 0 Å². The van der Waals surface area contributed by atoms with Gasteiger partial charge in [0.1, 0.15) is 5.82 Å². The summed E-state index contributed by atoms with van der Waals surface area (Å²) in [6.07, 6.45) is 0. The largest absolute Gasteiger partial charge is 0.421 e. The molecule has 1 heterocycles. The van der Waals surface area contributed by atoms with Gasteiger partial charge in [-0.25, -0.2) is 4.39 Å². The summed E-state index contributed by atoms with van der Waals surface area (Å²) in [5.74, 6) is 0.780. The van der Waals surface area contributed by atoms with Gasteiger partial charge < -0.3 is 9.73 Å². The normalized spacial score (nSPS) is 12.1. The number of aryl methyl sites for hydroxylation is 1. The molecule has 1 unspecified atom stereocenters. The topological polar surface area (TPSA) is 51.0 Å². The molecule has 0 radical (unpaired) electrons. The predicted molar refractivity (Wildman–Crippen MR) is 82.9 cm³/mol. The Labute approximate surface area is 128 Å². The van der Waals surface area contributed by atoms with Crippen molar-refractivity contribution >= 4 is 5.69 Å². The summed E-state index contributed by atoms with van der Waals surface area (Å²) in [6.45, 7) is 3.74. The Kier molecular flexibility index (Phi) is 3.87. The van der Waals surface area contributed by atoms with Gasteiger partial charge in [-0.05, 0) is 42.8 Å². The lowest BCUT2D eigenvalue weighted by Crippen LogP contribution is -2.06. The molecule has 0 aliphatic carbocycles. The Morgan fingerprint density at radius 1 is 1.09 bits per heavy atom. The van der Waals surface area contributed by atoms with Gasteiger partial charge in [0.25, 0.3) is 0 Å². The van der Waals surface area contributed by atoms with E-state index >= 15 is 0 Å². The van der Waals surface area contributed by atoms with E-state index in [2.05, 4.69) is 15.5 Å². The van der Waals surface area contributed by atoms with Crippen molar-refractivity contribution in [2.24, 2.45) is 0 Å². The second-order valence-corrected chi connectivity index (χ2v) is 5.13. The summed E-state index contributed by atoms with van der Waals surface area (Å²) in [4.78, 5) is 0. The zero-order valence-corrected chi connectivity index (χ0v) is 12.4. The van der Waals surface area contributed by atoms with Crippen LogP contribution in [0.5, 0.6) is 0 Å². The van der Waals surface area contributed by atoms with E-state index in [1.807, 2.05) is 37.3 Å². The minimum atomic E-state index is -0.235. The average molecular weight is 297 g/mol. The van der Waals surface area contributed by atoms with Crippen molar-refractivity contribution in [3.05, 3.63) is 65.8 Å². The maximum Gasteiger partial charge on any atom is 0.247 e. The standard InChI is InChI=1S/C17H16FN3O/c1-11(13-5-3-7-15(18)9-13)19-16-8-4-6-14(10-16)17-21-20-12(2)22-17/h3-11,19H,1-2H3. The molecule has 0 aliphatic heterocycles. The molecule has 0 fully saturated rings. The summed E-state index contributed by atoms with van der Waals surface area (Å²) >= 11 is 0. The monoisotopic (exact) mass is 297 g/mol. The summed E-state index contributed by atoms with van der Waals surface area (Å²) < 4.78 is 18.7. The second kappa shape index (κ2) is 5.97. The molecule has 0 amide bonds.